The maximum Gasteiger partial charge on any atom is 0.209 e. The molecule has 0 amide bonds. The SMILES string of the molecule is CCCCCOc1ccc2cc3cc(I)c(=O)c(I)c-3oc2c1. The first-order chi connectivity index (χ1) is 11.1. The van der Waals surface area contributed by atoms with Gasteiger partial charge in [0.25, 0.3) is 0 Å². The monoisotopic (exact) mass is 534 g/mol. The van der Waals surface area contributed by atoms with Crippen molar-refractivity contribution in [1.29, 1.82) is 0 Å². The van der Waals surface area contributed by atoms with Gasteiger partial charge >= 0.3 is 0 Å². The van der Waals surface area contributed by atoms with E-state index in [0.717, 1.165) is 28.7 Å². The van der Waals surface area contributed by atoms with E-state index >= 15 is 0 Å². The number of hydrogen-bond acceptors (Lipinski definition) is 3. The van der Waals surface area contributed by atoms with Crippen LogP contribution in [-0.2, 0) is 0 Å². The Balaban J connectivity index is 2.01. The Kier molecular flexibility index (Phi) is 5.45. The maximum absolute atomic E-state index is 12.1. The van der Waals surface area contributed by atoms with E-state index in [2.05, 4.69) is 58.2 Å². The summed E-state index contributed by atoms with van der Waals surface area (Å²) in [6, 6.07) is 9.79. The van der Waals surface area contributed by atoms with Gasteiger partial charge in [-0.1, -0.05) is 19.8 Å². The first-order valence-corrected chi connectivity index (χ1v) is 9.74. The average molecular weight is 534 g/mol. The van der Waals surface area contributed by atoms with Crippen molar-refractivity contribution in [3.8, 4) is 17.1 Å². The molecule has 2 aliphatic rings. The molecular weight excluding hydrogens is 518 g/mol. The fraction of sp³-hybridized carbons (Fsp3) is 0.278. The Bertz CT molecular complexity index is 870. The Morgan fingerprint density at radius 1 is 1.13 bits per heavy atom. The lowest BCUT2D eigenvalue weighted by Crippen LogP contribution is -2.11. The first-order valence-electron chi connectivity index (χ1n) is 7.58. The number of ether oxygens (including phenoxy) is 1. The summed E-state index contributed by atoms with van der Waals surface area (Å²) in [5.41, 5.74) is 1.71. The van der Waals surface area contributed by atoms with Crippen molar-refractivity contribution in [3.05, 3.63) is 47.7 Å². The van der Waals surface area contributed by atoms with Crippen molar-refractivity contribution in [2.24, 2.45) is 0 Å². The van der Waals surface area contributed by atoms with Crippen LogP contribution in [0.15, 0.2) is 39.5 Å². The highest BCUT2D eigenvalue weighted by Crippen LogP contribution is 2.33. The summed E-state index contributed by atoms with van der Waals surface area (Å²) >= 11 is 4.13. The van der Waals surface area contributed by atoms with Gasteiger partial charge in [0, 0.05) is 17.0 Å². The topological polar surface area (TPSA) is 39.4 Å². The highest BCUT2D eigenvalue weighted by molar-refractivity contribution is 14.1. The number of fused-ring (bicyclic) bond motifs is 2. The molecule has 0 unspecified atom stereocenters. The van der Waals surface area contributed by atoms with Crippen LogP contribution in [0.5, 0.6) is 5.75 Å². The van der Waals surface area contributed by atoms with Crippen LogP contribution in [0.2, 0.25) is 0 Å². The van der Waals surface area contributed by atoms with Crippen molar-refractivity contribution >= 4 is 56.2 Å². The second-order valence-electron chi connectivity index (χ2n) is 5.42. The number of halogens is 2. The zero-order chi connectivity index (χ0) is 16.4. The van der Waals surface area contributed by atoms with E-state index in [4.69, 9.17) is 9.15 Å². The zero-order valence-corrected chi connectivity index (χ0v) is 17.0. The Morgan fingerprint density at radius 2 is 1.96 bits per heavy atom. The molecule has 0 fully saturated rings. The second kappa shape index (κ2) is 7.38. The minimum Gasteiger partial charge on any atom is -0.493 e. The van der Waals surface area contributed by atoms with E-state index in [-0.39, 0.29) is 5.43 Å². The Morgan fingerprint density at radius 3 is 2.74 bits per heavy atom. The molecule has 0 radical (unpaired) electrons. The van der Waals surface area contributed by atoms with E-state index in [0.29, 0.717) is 19.5 Å². The third kappa shape index (κ3) is 3.65. The largest absolute Gasteiger partial charge is 0.493 e. The second-order valence-corrected chi connectivity index (χ2v) is 7.66. The summed E-state index contributed by atoms with van der Waals surface area (Å²) in [6.45, 7) is 2.89. The number of benzene rings is 2. The normalized spacial score (nSPS) is 11.3. The summed E-state index contributed by atoms with van der Waals surface area (Å²) in [7, 11) is 0. The van der Waals surface area contributed by atoms with Crippen LogP contribution in [0.25, 0.3) is 22.3 Å². The number of rotatable bonds is 5. The van der Waals surface area contributed by atoms with E-state index < -0.39 is 0 Å². The third-order valence-electron chi connectivity index (χ3n) is 3.68. The molecule has 0 aromatic heterocycles. The minimum atomic E-state index is 0.0220. The maximum atomic E-state index is 12.1. The number of unbranched alkanes of at least 4 members (excludes halogenated alkanes) is 2. The van der Waals surface area contributed by atoms with E-state index in [1.165, 1.54) is 12.8 Å². The Hall–Kier alpha value is -0.830. The highest BCUT2D eigenvalue weighted by atomic mass is 127. The molecule has 23 heavy (non-hydrogen) atoms. The summed E-state index contributed by atoms with van der Waals surface area (Å²) in [5, 5.41) is 1.00. The van der Waals surface area contributed by atoms with Crippen molar-refractivity contribution in [2.75, 3.05) is 6.61 Å². The number of hydrogen-bond donors (Lipinski definition) is 0. The smallest absolute Gasteiger partial charge is 0.209 e. The van der Waals surface area contributed by atoms with Gasteiger partial charge in [-0.3, -0.25) is 4.79 Å². The molecule has 1 aromatic rings. The van der Waals surface area contributed by atoms with Crippen LogP contribution in [-0.4, -0.2) is 6.61 Å². The van der Waals surface area contributed by atoms with Gasteiger partial charge in [-0.15, -0.1) is 0 Å². The average Bonchev–Trinajstić information content (AvgIpc) is 2.55. The van der Waals surface area contributed by atoms with Gasteiger partial charge in [-0.05, 0) is 75.9 Å². The van der Waals surface area contributed by atoms with Gasteiger partial charge in [0.05, 0.1) is 10.2 Å². The van der Waals surface area contributed by atoms with Gasteiger partial charge < -0.3 is 9.15 Å². The lowest BCUT2D eigenvalue weighted by atomic mass is 10.1. The summed E-state index contributed by atoms with van der Waals surface area (Å²) < 4.78 is 13.1. The minimum absolute atomic E-state index is 0.0220. The van der Waals surface area contributed by atoms with Crippen LogP contribution in [0.4, 0.5) is 0 Å². The molecule has 1 heterocycles. The molecule has 3 rings (SSSR count). The van der Waals surface area contributed by atoms with Crippen molar-refractivity contribution in [1.82, 2.24) is 0 Å². The van der Waals surface area contributed by atoms with Gasteiger partial charge in [0.2, 0.25) is 5.43 Å². The van der Waals surface area contributed by atoms with Crippen LogP contribution in [0.1, 0.15) is 26.2 Å². The highest BCUT2D eigenvalue weighted by Gasteiger charge is 2.16. The lowest BCUT2D eigenvalue weighted by molar-refractivity contribution is 0.306. The summed E-state index contributed by atoms with van der Waals surface area (Å²) in [6.07, 6.45) is 3.40. The molecule has 1 aliphatic carbocycles. The van der Waals surface area contributed by atoms with Gasteiger partial charge in [-0.2, -0.15) is 0 Å². The van der Waals surface area contributed by atoms with Gasteiger partial charge in [0.1, 0.15) is 14.9 Å². The fourth-order valence-corrected chi connectivity index (χ4v) is 4.28. The molecule has 0 saturated carbocycles. The molecule has 0 N–H and O–H groups in total. The molecule has 0 bridgehead atoms. The lowest BCUT2D eigenvalue weighted by Gasteiger charge is -2.11. The van der Waals surface area contributed by atoms with E-state index in [1.54, 1.807) is 0 Å². The molecule has 0 saturated heterocycles. The van der Waals surface area contributed by atoms with Gasteiger partial charge in [-0.25, -0.2) is 0 Å². The molecule has 0 atom stereocenters. The third-order valence-corrected chi connectivity index (χ3v) is 5.47. The van der Waals surface area contributed by atoms with Crippen LogP contribution < -0.4 is 10.2 Å². The van der Waals surface area contributed by atoms with Gasteiger partial charge in [0.15, 0.2) is 5.76 Å². The van der Waals surface area contributed by atoms with Crippen molar-refractivity contribution in [2.45, 2.75) is 26.2 Å². The molecule has 1 aliphatic heterocycles. The predicted molar refractivity (Wildman–Crippen MR) is 110 cm³/mol. The van der Waals surface area contributed by atoms with E-state index in [1.807, 2.05) is 24.3 Å². The Labute approximate surface area is 162 Å². The van der Waals surface area contributed by atoms with Crippen LogP contribution >= 0.6 is 45.2 Å². The fourth-order valence-electron chi connectivity index (χ4n) is 2.44. The zero-order valence-electron chi connectivity index (χ0n) is 12.7. The van der Waals surface area contributed by atoms with Crippen LogP contribution in [0, 0.1) is 7.14 Å². The van der Waals surface area contributed by atoms with Crippen LogP contribution in [0.3, 0.4) is 0 Å². The summed E-state index contributed by atoms with van der Waals surface area (Å²) in [4.78, 5) is 12.1. The summed E-state index contributed by atoms with van der Waals surface area (Å²) in [5.74, 6) is 1.45. The quantitative estimate of drug-likeness (QED) is 0.241. The van der Waals surface area contributed by atoms with Crippen molar-refractivity contribution < 1.29 is 9.15 Å². The molecular formula is C18H16I2O3. The van der Waals surface area contributed by atoms with E-state index in [9.17, 15) is 4.79 Å². The standard InChI is InChI=1S/C18H16I2O3/c1-2-3-4-7-22-13-6-5-11-8-12-9-14(19)17(21)16(20)18(12)23-15(11)10-13/h5-6,8-10H,2-4,7H2,1H3. The first kappa shape index (κ1) is 17.0. The molecule has 1 aromatic carbocycles. The predicted octanol–water partition coefficient (Wildman–Crippen LogP) is 5.68. The molecule has 5 heteroatoms. The molecule has 0 spiro atoms. The molecule has 3 nitrogen and oxygen atoms in total. The van der Waals surface area contributed by atoms with Crippen molar-refractivity contribution in [3.63, 3.8) is 0 Å². The molecule has 120 valence electrons.